The van der Waals surface area contributed by atoms with Gasteiger partial charge in [-0.1, -0.05) is 0 Å². The molecule has 0 aliphatic carbocycles. The Morgan fingerprint density at radius 3 is 2.00 bits per heavy atom. The molecular weight excluding hydrogens is 681 g/mol. The second-order valence-corrected chi connectivity index (χ2v) is 12.6. The Bertz CT molecular complexity index is 2040. The minimum atomic E-state index is -5.42. The summed E-state index contributed by atoms with van der Waals surface area (Å²) in [6.07, 6.45) is 0. The van der Waals surface area contributed by atoms with E-state index in [1.165, 1.54) is 14.0 Å². The topological polar surface area (TPSA) is 289 Å². The number of carbonyl (C=O) groups excluding carboxylic acids is 1. The summed E-state index contributed by atoms with van der Waals surface area (Å²) in [5, 5.41) is 13.9. The number of rotatable bonds is 9. The van der Waals surface area contributed by atoms with Crippen molar-refractivity contribution < 1.29 is 105 Å². The number of methoxy groups -OCH3 is 1. The van der Waals surface area contributed by atoms with E-state index >= 15 is 0 Å². The van der Waals surface area contributed by atoms with Crippen molar-refractivity contribution in [3.63, 3.8) is 0 Å². The number of aromatic nitrogens is 3. The monoisotopic (exact) mass is 694 g/mol. The summed E-state index contributed by atoms with van der Waals surface area (Å²) in [5.74, 6) is -1.36. The van der Waals surface area contributed by atoms with Crippen LogP contribution in [0.25, 0.3) is 0 Å². The van der Waals surface area contributed by atoms with Crippen molar-refractivity contribution in [2.24, 2.45) is 15.3 Å². The summed E-state index contributed by atoms with van der Waals surface area (Å²) < 4.78 is 111. The largest absolute Gasteiger partial charge is 1.00 e. The third-order valence-electron chi connectivity index (χ3n) is 5.36. The molecule has 3 aromatic rings. The third-order valence-corrected chi connectivity index (χ3v) is 8.12. The first-order valence-electron chi connectivity index (χ1n) is 11.1. The van der Waals surface area contributed by atoms with Crippen LogP contribution in [0.2, 0.25) is 5.28 Å². The van der Waals surface area contributed by atoms with Crippen molar-refractivity contribution in [1.82, 2.24) is 15.0 Å². The molecule has 46 heavy (non-hydrogen) atoms. The molecule has 1 N–H and O–H groups in total. The van der Waals surface area contributed by atoms with Crippen molar-refractivity contribution in [3.8, 4) is 6.01 Å². The van der Waals surface area contributed by atoms with E-state index in [2.05, 4.69) is 35.6 Å². The molecule has 1 atom stereocenters. The number of amides is 1. The van der Waals surface area contributed by atoms with E-state index in [4.69, 9.17) is 16.3 Å². The predicted octanol–water partition coefficient (Wildman–Crippen LogP) is -8.12. The van der Waals surface area contributed by atoms with Gasteiger partial charge in [0.2, 0.25) is 11.2 Å². The molecule has 2 aromatic carbocycles. The maximum absolute atomic E-state index is 13.0. The van der Waals surface area contributed by atoms with Gasteiger partial charge in [-0.05, 0) is 54.9 Å². The SMILES string of the molecule is COc1nc(Cl)nc(Nc2cc(S(=O)(=O)[O-])c(N=NC3C(=O)N(c4ccc(S(=O)(=O)[O-])cc4)N=C3C)cc2S(=O)(=O)[O-])n1.[Li+].[Li+].[Li+]. The van der Waals surface area contributed by atoms with E-state index in [-0.39, 0.29) is 74.0 Å². The van der Waals surface area contributed by atoms with Gasteiger partial charge in [0.25, 0.3) is 5.91 Å². The van der Waals surface area contributed by atoms with E-state index < -0.39 is 79.6 Å². The van der Waals surface area contributed by atoms with Crippen LogP contribution in [-0.2, 0) is 35.1 Å². The predicted molar refractivity (Wildman–Crippen MR) is 140 cm³/mol. The first-order valence-corrected chi connectivity index (χ1v) is 15.7. The van der Waals surface area contributed by atoms with E-state index in [1.807, 2.05) is 0 Å². The molecular formula is C20H14ClLi3N8O11S3. The zero-order valence-corrected chi connectivity index (χ0v) is 27.5. The summed E-state index contributed by atoms with van der Waals surface area (Å²) in [7, 11) is -14.4. The standard InChI is InChI=1S/C20H17ClN8O11S3.3Li/c1-9-16(17(30)29(28-9)10-3-5-11(6-4-10)41(31,32)33)27-26-13-8-14(42(34,35)36)12(7-15(13)43(37,38)39)22-19-23-18(21)24-20(25-19)40-2;;;/h3-8,16H,1-2H3,(H,31,32,33)(H,34,35,36)(H,37,38,39)(H,22,23,24,25);;;/q;3*+1/p-3. The van der Waals surface area contributed by atoms with Crippen LogP contribution < -0.4 is 71.6 Å². The Morgan fingerprint density at radius 1 is 0.891 bits per heavy atom. The third kappa shape index (κ3) is 9.58. The molecule has 2 heterocycles. The molecule has 0 saturated carbocycles. The van der Waals surface area contributed by atoms with Crippen LogP contribution in [0.15, 0.2) is 66.4 Å². The summed E-state index contributed by atoms with van der Waals surface area (Å²) in [4.78, 5) is 21.1. The van der Waals surface area contributed by atoms with Crippen LogP contribution in [0, 0.1) is 0 Å². The van der Waals surface area contributed by atoms with Gasteiger partial charge in [0.15, 0.2) is 6.04 Å². The molecule has 1 aliphatic rings. The molecule has 1 aliphatic heterocycles. The van der Waals surface area contributed by atoms with Crippen LogP contribution >= 0.6 is 11.6 Å². The maximum atomic E-state index is 13.0. The fraction of sp³-hybridized carbons (Fsp3) is 0.150. The van der Waals surface area contributed by atoms with Crippen molar-refractivity contribution in [3.05, 3.63) is 41.7 Å². The second kappa shape index (κ2) is 15.7. The summed E-state index contributed by atoms with van der Waals surface area (Å²) in [6.45, 7) is 1.33. The molecule has 4 rings (SSSR count). The van der Waals surface area contributed by atoms with Crippen LogP contribution in [-0.4, -0.2) is 78.6 Å². The fourth-order valence-electron chi connectivity index (χ4n) is 3.48. The number of hydrogen-bond donors (Lipinski definition) is 1. The van der Waals surface area contributed by atoms with Gasteiger partial charge in [0.05, 0.1) is 38.9 Å². The van der Waals surface area contributed by atoms with Gasteiger partial charge in [0.1, 0.15) is 36.0 Å². The smallest absolute Gasteiger partial charge is 0.744 e. The molecule has 1 amide bonds. The Kier molecular flexibility index (Phi) is 14.2. The van der Waals surface area contributed by atoms with Gasteiger partial charge in [-0.3, -0.25) is 4.79 Å². The molecule has 1 unspecified atom stereocenters. The van der Waals surface area contributed by atoms with E-state index in [0.29, 0.717) is 12.1 Å². The van der Waals surface area contributed by atoms with Crippen molar-refractivity contribution >= 4 is 76.6 Å². The Balaban J connectivity index is 0.00000353. The molecule has 228 valence electrons. The van der Waals surface area contributed by atoms with Crippen LogP contribution in [0.4, 0.5) is 23.0 Å². The van der Waals surface area contributed by atoms with Gasteiger partial charge in [-0.15, -0.1) is 0 Å². The number of nitrogens with one attached hydrogen (secondary N) is 1. The van der Waals surface area contributed by atoms with Gasteiger partial charge in [-0.25, -0.2) is 25.3 Å². The van der Waals surface area contributed by atoms with Gasteiger partial charge in [-0.2, -0.15) is 35.3 Å². The first-order chi connectivity index (χ1) is 19.9. The number of hydrazone groups is 1. The van der Waals surface area contributed by atoms with Crippen LogP contribution in [0.1, 0.15) is 6.92 Å². The zero-order chi connectivity index (χ0) is 31.9. The molecule has 19 nitrogen and oxygen atoms in total. The molecule has 0 bridgehead atoms. The van der Waals surface area contributed by atoms with Gasteiger partial charge >= 0.3 is 62.6 Å². The van der Waals surface area contributed by atoms with Gasteiger partial charge < -0.3 is 23.7 Å². The first kappa shape index (κ1) is 41.6. The van der Waals surface area contributed by atoms with E-state index in [0.717, 1.165) is 29.3 Å². The Hall–Kier alpha value is -2.40. The van der Waals surface area contributed by atoms with E-state index in [1.54, 1.807) is 0 Å². The fourth-order valence-corrected chi connectivity index (χ4v) is 5.35. The van der Waals surface area contributed by atoms with Crippen molar-refractivity contribution in [2.75, 3.05) is 17.4 Å². The van der Waals surface area contributed by atoms with Crippen LogP contribution in [0.3, 0.4) is 0 Å². The number of azo groups is 1. The number of ether oxygens (including phenoxy) is 1. The number of nitrogens with zero attached hydrogens (tertiary/aromatic N) is 7. The Labute approximate surface area is 302 Å². The Morgan fingerprint density at radius 2 is 1.48 bits per heavy atom. The molecule has 0 saturated heterocycles. The van der Waals surface area contributed by atoms with Crippen molar-refractivity contribution in [2.45, 2.75) is 27.7 Å². The summed E-state index contributed by atoms with van der Waals surface area (Å²) >= 11 is 5.74. The number of halogens is 1. The molecule has 1 aromatic heterocycles. The molecule has 0 radical (unpaired) electrons. The quantitative estimate of drug-likeness (QED) is 0.124. The second-order valence-electron chi connectivity index (χ2n) is 8.22. The van der Waals surface area contributed by atoms with E-state index in [9.17, 15) is 43.7 Å². The zero-order valence-electron chi connectivity index (χ0n) is 24.3. The van der Waals surface area contributed by atoms with Crippen LogP contribution in [0.5, 0.6) is 6.01 Å². The molecule has 0 spiro atoms. The summed E-state index contributed by atoms with van der Waals surface area (Å²) in [5.41, 5.74) is -1.64. The summed E-state index contributed by atoms with van der Waals surface area (Å²) in [6, 6.07) is 3.17. The maximum Gasteiger partial charge on any atom is 1.00 e. The average Bonchev–Trinajstić information content (AvgIpc) is 3.18. The number of hydrogen-bond acceptors (Lipinski definition) is 18. The van der Waals surface area contributed by atoms with Crippen molar-refractivity contribution in [1.29, 1.82) is 0 Å². The molecule has 0 fully saturated rings. The van der Waals surface area contributed by atoms with Gasteiger partial charge in [0, 0.05) is 0 Å². The normalized spacial score (nSPS) is 15.0. The number of benzene rings is 2. The number of anilines is 3. The number of carbonyl (C=O) groups is 1. The molecule has 26 heteroatoms. The average molecular weight is 695 g/mol. The minimum absolute atomic E-state index is 0. The minimum Gasteiger partial charge on any atom is -0.744 e.